The van der Waals surface area contributed by atoms with Gasteiger partial charge in [0.15, 0.2) is 0 Å². The number of phenols is 1. The van der Waals surface area contributed by atoms with Crippen molar-refractivity contribution in [1.29, 1.82) is 0 Å². The fraction of sp³-hybridized carbons (Fsp3) is 0.500. The van der Waals surface area contributed by atoms with Crippen molar-refractivity contribution in [2.75, 3.05) is 19.4 Å². The number of H-pyrrole nitrogens is 1. The zero-order valence-corrected chi connectivity index (χ0v) is 25.9. The molecule has 1 aliphatic carbocycles. The fourth-order valence-electron chi connectivity index (χ4n) is 3.98. The Bertz CT molecular complexity index is 1290. The predicted octanol–water partition coefficient (Wildman–Crippen LogP) is 5.78. The number of rotatable bonds is 4. The molecular weight excluding hydrogens is 512 g/mol. The van der Waals surface area contributed by atoms with Gasteiger partial charge >= 0.3 is 0 Å². The van der Waals surface area contributed by atoms with Crippen LogP contribution in [0.25, 0.3) is 0 Å². The number of nitrogens with zero attached hydrogens (tertiary/aromatic N) is 2. The predicted molar refractivity (Wildman–Crippen MR) is 163 cm³/mol. The maximum absolute atomic E-state index is 11.8. The molecule has 2 aromatic heterocycles. The molecule has 1 fully saturated rings. The molecule has 2 heterocycles. The van der Waals surface area contributed by atoms with Gasteiger partial charge in [-0.15, -0.1) is 11.3 Å². The second-order valence-electron chi connectivity index (χ2n) is 9.96. The number of aromatic amines is 1. The van der Waals surface area contributed by atoms with Gasteiger partial charge in [0.2, 0.25) is 0 Å². The van der Waals surface area contributed by atoms with Crippen molar-refractivity contribution in [3.63, 3.8) is 0 Å². The first-order valence-corrected chi connectivity index (χ1v) is 14.3. The first-order chi connectivity index (χ1) is 18.3. The van der Waals surface area contributed by atoms with Gasteiger partial charge < -0.3 is 15.3 Å². The molecule has 0 aliphatic heterocycles. The van der Waals surface area contributed by atoms with Crippen LogP contribution >= 0.6 is 11.3 Å². The maximum Gasteiger partial charge on any atom is 0.288 e. The number of thiophene rings is 1. The highest BCUT2D eigenvalue weighted by atomic mass is 32.1. The smallest absolute Gasteiger partial charge is 0.288 e. The maximum atomic E-state index is 11.8. The van der Waals surface area contributed by atoms with E-state index in [1.807, 2.05) is 31.4 Å². The minimum Gasteiger partial charge on any atom is -0.507 e. The SMILES string of the molecule is CC.CC1CC(C)C1C.Cc1c(NCc2cccs2)c(=O)n(C)[nH]c1=O.Cc1cccc(C(=O)N(C)C)c1O. The van der Waals surface area contributed by atoms with E-state index in [1.165, 1.54) is 23.1 Å². The fourth-order valence-corrected chi connectivity index (χ4v) is 4.62. The molecule has 0 saturated heterocycles. The van der Waals surface area contributed by atoms with Crippen LogP contribution in [0.2, 0.25) is 0 Å². The number of aromatic nitrogens is 2. The molecule has 0 bridgehead atoms. The minimum atomic E-state index is -0.249. The Balaban J connectivity index is 0.000000305. The van der Waals surface area contributed by atoms with Gasteiger partial charge in [0, 0.05) is 38.1 Å². The Kier molecular flexibility index (Phi) is 13.8. The lowest BCUT2D eigenvalue weighted by atomic mass is 9.68. The zero-order chi connectivity index (χ0) is 29.9. The zero-order valence-electron chi connectivity index (χ0n) is 25.1. The third-order valence-electron chi connectivity index (χ3n) is 6.94. The number of hydrogen-bond acceptors (Lipinski definition) is 6. The Morgan fingerprint density at radius 1 is 1.10 bits per heavy atom. The molecule has 3 aromatic rings. The Labute approximate surface area is 236 Å². The molecule has 2 unspecified atom stereocenters. The van der Waals surface area contributed by atoms with Crippen molar-refractivity contribution in [1.82, 2.24) is 14.7 Å². The largest absolute Gasteiger partial charge is 0.507 e. The van der Waals surface area contributed by atoms with Crippen molar-refractivity contribution in [3.05, 3.63) is 78.0 Å². The topological polar surface area (TPSA) is 107 Å². The number of aryl methyl sites for hydroxylation is 2. The first kappa shape index (κ1) is 33.7. The lowest BCUT2D eigenvalue weighted by molar-refractivity contribution is 0.0824. The van der Waals surface area contributed by atoms with Gasteiger partial charge in [0.25, 0.3) is 17.0 Å². The summed E-state index contributed by atoms with van der Waals surface area (Å²) in [4.78, 5) is 37.4. The Morgan fingerprint density at radius 2 is 1.72 bits per heavy atom. The van der Waals surface area contributed by atoms with Gasteiger partial charge in [-0.2, -0.15) is 0 Å². The summed E-state index contributed by atoms with van der Waals surface area (Å²) in [6, 6.07) is 9.06. The van der Waals surface area contributed by atoms with Crippen molar-refractivity contribution in [3.8, 4) is 5.75 Å². The van der Waals surface area contributed by atoms with Gasteiger partial charge in [-0.25, -0.2) is 0 Å². The molecule has 1 aromatic carbocycles. The second kappa shape index (κ2) is 15.9. The molecule has 4 rings (SSSR count). The van der Waals surface area contributed by atoms with Gasteiger partial charge in [0.1, 0.15) is 11.4 Å². The van der Waals surface area contributed by atoms with Gasteiger partial charge in [-0.3, -0.25) is 24.2 Å². The van der Waals surface area contributed by atoms with Crippen LogP contribution in [0.1, 0.15) is 67.4 Å². The summed E-state index contributed by atoms with van der Waals surface area (Å²) < 4.78 is 1.19. The Morgan fingerprint density at radius 3 is 2.18 bits per heavy atom. The number of anilines is 1. The molecule has 3 N–H and O–H groups in total. The highest BCUT2D eigenvalue weighted by Crippen LogP contribution is 2.38. The van der Waals surface area contributed by atoms with Crippen molar-refractivity contribution < 1.29 is 9.90 Å². The van der Waals surface area contributed by atoms with Crippen LogP contribution in [0.4, 0.5) is 5.69 Å². The van der Waals surface area contributed by atoms with Gasteiger partial charge in [0.05, 0.1) is 5.56 Å². The molecule has 2 atom stereocenters. The van der Waals surface area contributed by atoms with E-state index in [0.717, 1.165) is 22.6 Å². The van der Waals surface area contributed by atoms with Crippen LogP contribution in [0, 0.1) is 31.6 Å². The monoisotopic (exact) mass is 558 g/mol. The third-order valence-corrected chi connectivity index (χ3v) is 7.81. The Hall–Kier alpha value is -3.33. The van der Waals surface area contributed by atoms with Crippen LogP contribution in [0.5, 0.6) is 5.75 Å². The molecule has 216 valence electrons. The standard InChI is InChI=1S/C11H13N3O2S.C10H13NO2.C7H14.C2H6/c1-7-9(11(16)14(2)13-10(7)15)12-6-8-4-3-5-17-8;1-7-5-4-6-8(9(7)12)10(13)11(2)3;1-5-4-6(2)7(5)3;1-2/h3-5,12H,6H2,1-2H3,(H,13,15);4-6,12H,1-3H3;5-7H,4H2,1-3H3;1-2H3. The average molecular weight is 559 g/mol. The lowest BCUT2D eigenvalue weighted by Crippen LogP contribution is -2.31. The average Bonchev–Trinajstić information content (AvgIpc) is 3.44. The minimum absolute atomic E-state index is 0.0706. The number of amides is 1. The molecule has 1 aliphatic rings. The summed E-state index contributed by atoms with van der Waals surface area (Å²) >= 11 is 1.60. The highest BCUT2D eigenvalue weighted by Gasteiger charge is 2.29. The molecule has 0 spiro atoms. The molecule has 1 saturated carbocycles. The summed E-state index contributed by atoms with van der Waals surface area (Å²) in [5.74, 6) is 2.91. The number of benzene rings is 1. The summed E-state index contributed by atoms with van der Waals surface area (Å²) in [7, 11) is 4.84. The van der Waals surface area contributed by atoms with Gasteiger partial charge in [-0.05, 0) is 61.1 Å². The summed E-state index contributed by atoms with van der Waals surface area (Å²) in [6.45, 7) is 15.0. The molecule has 39 heavy (non-hydrogen) atoms. The quantitative estimate of drug-likeness (QED) is 0.376. The molecule has 1 amide bonds. The number of hydrogen-bond donors (Lipinski definition) is 3. The number of nitrogens with one attached hydrogen (secondary N) is 2. The van der Waals surface area contributed by atoms with Crippen LogP contribution in [0.15, 0.2) is 45.3 Å². The van der Waals surface area contributed by atoms with E-state index >= 15 is 0 Å². The summed E-state index contributed by atoms with van der Waals surface area (Å²) in [5.41, 5.74) is 1.38. The first-order valence-electron chi connectivity index (χ1n) is 13.4. The van der Waals surface area contributed by atoms with Crippen molar-refractivity contribution >= 4 is 22.9 Å². The van der Waals surface area contributed by atoms with Crippen molar-refractivity contribution in [2.45, 2.75) is 61.4 Å². The van der Waals surface area contributed by atoms with E-state index < -0.39 is 0 Å². The third kappa shape index (κ3) is 9.42. The number of aromatic hydroxyl groups is 1. The number of carbonyl (C=O) groups excluding carboxylic acids is 1. The van der Waals surface area contributed by atoms with Gasteiger partial charge in [-0.1, -0.05) is 52.8 Å². The van der Waals surface area contributed by atoms with E-state index in [2.05, 4.69) is 31.2 Å². The van der Waals surface area contributed by atoms with Crippen molar-refractivity contribution in [2.24, 2.45) is 24.8 Å². The van der Waals surface area contributed by atoms with Crippen LogP contribution < -0.4 is 16.4 Å². The number of phenolic OH excluding ortho intramolecular Hbond substituents is 1. The van der Waals surface area contributed by atoms with E-state index in [1.54, 1.807) is 57.5 Å². The molecule has 0 radical (unpaired) electrons. The van der Waals surface area contributed by atoms with E-state index in [-0.39, 0.29) is 22.8 Å². The second-order valence-corrected chi connectivity index (χ2v) is 11.0. The van der Waals surface area contributed by atoms with E-state index in [9.17, 15) is 19.5 Å². The number of para-hydroxylation sites is 1. The molecular formula is C30H46N4O4S. The lowest BCUT2D eigenvalue weighted by Gasteiger charge is -2.38. The normalized spacial score (nSPS) is 17.1. The highest BCUT2D eigenvalue weighted by molar-refractivity contribution is 7.09. The van der Waals surface area contributed by atoms with E-state index in [4.69, 9.17) is 0 Å². The summed E-state index contributed by atoms with van der Waals surface area (Å²) in [6.07, 6.45) is 1.46. The van der Waals surface area contributed by atoms with Crippen LogP contribution in [-0.4, -0.2) is 39.8 Å². The molecule has 9 heteroatoms. The van der Waals surface area contributed by atoms with Crippen LogP contribution in [-0.2, 0) is 13.6 Å². The summed E-state index contributed by atoms with van der Waals surface area (Å²) in [5, 5.41) is 17.0. The van der Waals surface area contributed by atoms with E-state index in [0.29, 0.717) is 28.9 Å². The van der Waals surface area contributed by atoms with Crippen LogP contribution in [0.3, 0.4) is 0 Å². The molecule has 8 nitrogen and oxygen atoms in total. The number of carbonyl (C=O) groups is 1.